The third kappa shape index (κ3) is 3.07. The Morgan fingerprint density at radius 2 is 2.00 bits per heavy atom. The van der Waals surface area contributed by atoms with Crippen LogP contribution in [0.25, 0.3) is 0 Å². The predicted octanol–water partition coefficient (Wildman–Crippen LogP) is 3.43. The minimum Gasteiger partial charge on any atom is -0.308 e. The van der Waals surface area contributed by atoms with E-state index in [4.69, 9.17) is 0 Å². The molecule has 0 spiro atoms. The van der Waals surface area contributed by atoms with Gasteiger partial charge >= 0.3 is 0 Å². The third-order valence-electron chi connectivity index (χ3n) is 5.12. The van der Waals surface area contributed by atoms with Gasteiger partial charge in [-0.15, -0.1) is 0 Å². The summed E-state index contributed by atoms with van der Waals surface area (Å²) >= 11 is 0. The Labute approximate surface area is 123 Å². The van der Waals surface area contributed by atoms with E-state index < -0.39 is 0 Å². The van der Waals surface area contributed by atoms with E-state index in [1.54, 1.807) is 0 Å². The van der Waals surface area contributed by atoms with E-state index in [-0.39, 0.29) is 0 Å². The van der Waals surface area contributed by atoms with E-state index in [1.165, 1.54) is 37.8 Å². The maximum absolute atomic E-state index is 3.87. The third-order valence-corrected chi connectivity index (χ3v) is 5.12. The Morgan fingerprint density at radius 3 is 2.65 bits per heavy atom. The summed E-state index contributed by atoms with van der Waals surface area (Å²) in [6.45, 7) is 8.21. The van der Waals surface area contributed by atoms with Gasteiger partial charge in [-0.1, -0.05) is 43.7 Å². The average Bonchev–Trinajstić information content (AvgIpc) is 3.28. The number of hydrogen-bond donors (Lipinski definition) is 1. The molecule has 1 aliphatic heterocycles. The largest absolute Gasteiger partial charge is 0.308 e. The molecule has 2 fully saturated rings. The summed E-state index contributed by atoms with van der Waals surface area (Å²) in [6.07, 6.45) is 5.42. The number of rotatable bonds is 5. The van der Waals surface area contributed by atoms with E-state index in [0.29, 0.717) is 11.6 Å². The molecule has 1 aliphatic carbocycles. The molecule has 0 radical (unpaired) electrons. The van der Waals surface area contributed by atoms with Crippen molar-refractivity contribution in [1.29, 1.82) is 0 Å². The van der Waals surface area contributed by atoms with Crippen molar-refractivity contribution in [2.75, 3.05) is 13.1 Å². The van der Waals surface area contributed by atoms with Crippen molar-refractivity contribution in [3.8, 4) is 0 Å². The minimum atomic E-state index is 0.346. The molecule has 1 saturated heterocycles. The molecule has 2 nitrogen and oxygen atoms in total. The average molecular weight is 272 g/mol. The SMILES string of the molecule is CCCC1CNC(C)(C2CC2)CN1Cc1ccccc1. The van der Waals surface area contributed by atoms with Gasteiger partial charge in [0.15, 0.2) is 0 Å². The van der Waals surface area contributed by atoms with Crippen LogP contribution < -0.4 is 5.32 Å². The molecule has 0 amide bonds. The Hall–Kier alpha value is -0.860. The van der Waals surface area contributed by atoms with Crippen LogP contribution in [0.4, 0.5) is 0 Å². The lowest BCUT2D eigenvalue weighted by atomic mass is 9.89. The fourth-order valence-electron chi connectivity index (χ4n) is 3.70. The molecule has 3 rings (SSSR count). The van der Waals surface area contributed by atoms with E-state index >= 15 is 0 Å². The second-order valence-electron chi connectivity index (χ2n) is 6.91. The molecule has 110 valence electrons. The smallest absolute Gasteiger partial charge is 0.0309 e. The fourth-order valence-corrected chi connectivity index (χ4v) is 3.70. The first-order valence-electron chi connectivity index (χ1n) is 8.24. The molecule has 1 aromatic carbocycles. The zero-order valence-corrected chi connectivity index (χ0v) is 12.9. The first kappa shape index (κ1) is 14.1. The zero-order valence-electron chi connectivity index (χ0n) is 12.9. The molecule has 20 heavy (non-hydrogen) atoms. The molecule has 0 aromatic heterocycles. The Kier molecular flexibility index (Phi) is 4.13. The van der Waals surface area contributed by atoms with Gasteiger partial charge in [-0.2, -0.15) is 0 Å². The zero-order chi connectivity index (χ0) is 14.0. The number of hydrogen-bond acceptors (Lipinski definition) is 2. The van der Waals surface area contributed by atoms with Crippen LogP contribution >= 0.6 is 0 Å². The highest BCUT2D eigenvalue weighted by atomic mass is 15.3. The standard InChI is InChI=1S/C18H28N2/c1-3-7-17-12-19-18(2,16-10-11-16)14-20(17)13-15-8-5-4-6-9-15/h4-6,8-9,16-17,19H,3,7,10-14H2,1-2H3. The maximum Gasteiger partial charge on any atom is 0.0309 e. The molecule has 2 atom stereocenters. The summed E-state index contributed by atoms with van der Waals surface area (Å²) in [5.74, 6) is 0.906. The summed E-state index contributed by atoms with van der Waals surface area (Å²) in [5.41, 5.74) is 1.80. The van der Waals surface area contributed by atoms with Crippen molar-refractivity contribution < 1.29 is 0 Å². The van der Waals surface area contributed by atoms with E-state index in [1.807, 2.05) is 0 Å². The van der Waals surface area contributed by atoms with Gasteiger partial charge in [0, 0.05) is 31.2 Å². The fraction of sp³-hybridized carbons (Fsp3) is 0.667. The molecular formula is C18H28N2. The molecular weight excluding hydrogens is 244 g/mol. The summed E-state index contributed by atoms with van der Waals surface area (Å²) in [5, 5.41) is 3.87. The molecule has 1 heterocycles. The number of piperazine rings is 1. The number of benzene rings is 1. The Bertz CT molecular complexity index is 426. The minimum absolute atomic E-state index is 0.346. The van der Waals surface area contributed by atoms with Crippen LogP contribution in [-0.4, -0.2) is 29.6 Å². The summed E-state index contributed by atoms with van der Waals surface area (Å²) in [7, 11) is 0. The van der Waals surface area contributed by atoms with Crippen molar-refractivity contribution in [2.45, 2.75) is 57.7 Å². The van der Waals surface area contributed by atoms with Gasteiger partial charge < -0.3 is 5.32 Å². The van der Waals surface area contributed by atoms with Crippen LogP contribution in [0.2, 0.25) is 0 Å². The van der Waals surface area contributed by atoms with Gasteiger partial charge in [-0.05, 0) is 37.7 Å². The van der Waals surface area contributed by atoms with Crippen LogP contribution in [-0.2, 0) is 6.54 Å². The summed E-state index contributed by atoms with van der Waals surface area (Å²) < 4.78 is 0. The molecule has 2 heteroatoms. The van der Waals surface area contributed by atoms with Crippen molar-refractivity contribution in [1.82, 2.24) is 10.2 Å². The van der Waals surface area contributed by atoms with Crippen molar-refractivity contribution in [3.05, 3.63) is 35.9 Å². The monoisotopic (exact) mass is 272 g/mol. The van der Waals surface area contributed by atoms with Gasteiger partial charge in [-0.3, -0.25) is 4.90 Å². The van der Waals surface area contributed by atoms with Gasteiger partial charge in [-0.25, -0.2) is 0 Å². The van der Waals surface area contributed by atoms with Gasteiger partial charge in [0.05, 0.1) is 0 Å². The van der Waals surface area contributed by atoms with Gasteiger partial charge in [0.1, 0.15) is 0 Å². The molecule has 0 bridgehead atoms. The number of nitrogens with zero attached hydrogens (tertiary/aromatic N) is 1. The Morgan fingerprint density at radius 1 is 1.25 bits per heavy atom. The second kappa shape index (κ2) is 5.87. The first-order chi connectivity index (χ1) is 9.71. The van der Waals surface area contributed by atoms with Gasteiger partial charge in [0.2, 0.25) is 0 Å². The van der Waals surface area contributed by atoms with E-state index in [0.717, 1.165) is 19.0 Å². The molecule has 1 saturated carbocycles. The van der Waals surface area contributed by atoms with Crippen molar-refractivity contribution >= 4 is 0 Å². The van der Waals surface area contributed by atoms with Gasteiger partial charge in [0.25, 0.3) is 0 Å². The van der Waals surface area contributed by atoms with E-state index in [9.17, 15) is 0 Å². The molecule has 1 aromatic rings. The van der Waals surface area contributed by atoms with Crippen LogP contribution in [0.15, 0.2) is 30.3 Å². The van der Waals surface area contributed by atoms with Crippen molar-refractivity contribution in [3.63, 3.8) is 0 Å². The quantitative estimate of drug-likeness (QED) is 0.883. The topological polar surface area (TPSA) is 15.3 Å². The number of nitrogens with one attached hydrogen (secondary N) is 1. The molecule has 2 unspecified atom stereocenters. The lowest BCUT2D eigenvalue weighted by Crippen LogP contribution is -2.63. The summed E-state index contributed by atoms with van der Waals surface area (Å²) in [6, 6.07) is 11.7. The molecule has 2 aliphatic rings. The Balaban J connectivity index is 1.71. The predicted molar refractivity (Wildman–Crippen MR) is 84.7 cm³/mol. The van der Waals surface area contributed by atoms with Crippen LogP contribution in [0.5, 0.6) is 0 Å². The van der Waals surface area contributed by atoms with Crippen LogP contribution in [0.1, 0.15) is 45.1 Å². The first-order valence-corrected chi connectivity index (χ1v) is 8.24. The van der Waals surface area contributed by atoms with Crippen molar-refractivity contribution in [2.24, 2.45) is 5.92 Å². The lowest BCUT2D eigenvalue weighted by molar-refractivity contribution is 0.0639. The highest BCUT2D eigenvalue weighted by Gasteiger charge is 2.45. The normalized spacial score (nSPS) is 31.4. The summed E-state index contributed by atoms with van der Waals surface area (Å²) in [4.78, 5) is 2.73. The highest BCUT2D eigenvalue weighted by Crippen LogP contribution is 2.41. The van der Waals surface area contributed by atoms with Crippen LogP contribution in [0.3, 0.4) is 0 Å². The molecule has 1 N–H and O–H groups in total. The van der Waals surface area contributed by atoms with E-state index in [2.05, 4.69) is 54.4 Å². The van der Waals surface area contributed by atoms with Crippen LogP contribution in [0, 0.1) is 5.92 Å². The maximum atomic E-state index is 3.87. The highest BCUT2D eigenvalue weighted by molar-refractivity contribution is 5.15. The second-order valence-corrected chi connectivity index (χ2v) is 6.91. The lowest BCUT2D eigenvalue weighted by Gasteiger charge is -2.47.